The number of rotatable bonds is 8. The lowest BCUT2D eigenvalue weighted by atomic mass is 9.97. The lowest BCUT2D eigenvalue weighted by Gasteiger charge is -2.31. The monoisotopic (exact) mass is 531 g/mol. The number of methoxy groups -OCH3 is 1. The van der Waals surface area contributed by atoms with Crippen LogP contribution in [-0.4, -0.2) is 41.9 Å². The van der Waals surface area contributed by atoms with Gasteiger partial charge >= 0.3 is 0 Å². The van der Waals surface area contributed by atoms with Gasteiger partial charge in [0.25, 0.3) is 5.91 Å². The quantitative estimate of drug-likeness (QED) is 0.283. The number of thiazole rings is 1. The number of nitrogens with zero attached hydrogens (tertiary/aromatic N) is 2. The van der Waals surface area contributed by atoms with Gasteiger partial charge in [-0.15, -0.1) is 22.7 Å². The van der Waals surface area contributed by atoms with E-state index in [-0.39, 0.29) is 17.7 Å². The number of ether oxygens (including phenoxy) is 1. The van der Waals surface area contributed by atoms with Gasteiger partial charge in [-0.25, -0.2) is 4.98 Å². The Hall–Kier alpha value is -3.49. The number of likely N-dealkylation sites (tertiary alicyclic amines) is 1. The molecule has 0 unspecified atom stereocenters. The first-order valence-corrected chi connectivity index (χ1v) is 14.2. The molecule has 6 nitrogen and oxygen atoms in total. The molecule has 5 rings (SSSR count). The molecule has 1 saturated heterocycles. The molecular formula is C29H29N3O3S2. The maximum atomic E-state index is 13.1. The van der Waals surface area contributed by atoms with Crippen molar-refractivity contribution in [1.82, 2.24) is 9.88 Å². The van der Waals surface area contributed by atoms with Gasteiger partial charge in [0.15, 0.2) is 0 Å². The van der Waals surface area contributed by atoms with Crippen LogP contribution in [0, 0.1) is 0 Å². The second-order valence-electron chi connectivity index (χ2n) is 9.04. The number of thiophene rings is 1. The first-order chi connectivity index (χ1) is 18.1. The number of carbonyl (C=O) groups is 2. The summed E-state index contributed by atoms with van der Waals surface area (Å²) in [5.41, 5.74) is 3.02. The minimum absolute atomic E-state index is 0.221. The Labute approximate surface area is 224 Å². The summed E-state index contributed by atoms with van der Waals surface area (Å²) in [5.74, 6) is 0.919. The van der Waals surface area contributed by atoms with E-state index in [0.29, 0.717) is 23.6 Å². The normalized spacial score (nSPS) is 13.9. The molecule has 3 heterocycles. The molecule has 0 spiro atoms. The van der Waals surface area contributed by atoms with Crippen LogP contribution in [0.15, 0.2) is 71.4 Å². The predicted octanol–water partition coefficient (Wildman–Crippen LogP) is 6.47. The topological polar surface area (TPSA) is 71.5 Å². The van der Waals surface area contributed by atoms with Crippen molar-refractivity contribution >= 4 is 40.2 Å². The zero-order valence-corrected chi connectivity index (χ0v) is 22.3. The summed E-state index contributed by atoms with van der Waals surface area (Å²) in [4.78, 5) is 33.7. The average Bonchev–Trinajstić information content (AvgIpc) is 3.65. The predicted molar refractivity (Wildman–Crippen MR) is 150 cm³/mol. The molecule has 2 aromatic heterocycles. The van der Waals surface area contributed by atoms with Crippen molar-refractivity contribution in [3.05, 3.63) is 87.0 Å². The van der Waals surface area contributed by atoms with Crippen LogP contribution < -0.4 is 10.1 Å². The molecule has 1 aliphatic heterocycles. The number of anilines is 1. The third-order valence-corrected chi connectivity index (χ3v) is 8.62. The smallest absolute Gasteiger partial charge is 0.275 e. The number of nitrogens with one attached hydrogen (secondary N) is 1. The molecular weight excluding hydrogens is 502 g/mol. The summed E-state index contributed by atoms with van der Waals surface area (Å²) in [6, 6.07) is 19.7. The van der Waals surface area contributed by atoms with E-state index in [4.69, 9.17) is 4.74 Å². The molecule has 0 radical (unpaired) electrons. The molecule has 0 saturated carbocycles. The second-order valence-corrected chi connectivity index (χ2v) is 11.0. The van der Waals surface area contributed by atoms with Crippen molar-refractivity contribution in [3.8, 4) is 16.9 Å². The highest BCUT2D eigenvalue weighted by molar-refractivity contribution is 7.10. The first kappa shape index (κ1) is 25.2. The van der Waals surface area contributed by atoms with Crippen LogP contribution in [-0.2, 0) is 11.2 Å². The molecule has 2 aromatic carbocycles. The number of aryl methyl sites for hydroxylation is 1. The SMILES string of the molecule is COc1ccc(-c2ccccc2)c(NC(=O)c2csc(C3CCN(C(=O)CCc4cccs4)CC3)n2)c1. The number of hydrogen-bond donors (Lipinski definition) is 1. The van der Waals surface area contributed by atoms with Crippen LogP contribution in [0.3, 0.4) is 0 Å². The molecule has 1 aliphatic rings. The molecule has 1 N–H and O–H groups in total. The summed E-state index contributed by atoms with van der Waals surface area (Å²) in [5, 5.41) is 7.87. The highest BCUT2D eigenvalue weighted by atomic mass is 32.1. The molecule has 0 aliphatic carbocycles. The highest BCUT2D eigenvalue weighted by Gasteiger charge is 2.26. The van der Waals surface area contributed by atoms with Crippen LogP contribution in [0.25, 0.3) is 11.1 Å². The van der Waals surface area contributed by atoms with Crippen LogP contribution in [0.1, 0.15) is 45.6 Å². The fraction of sp³-hybridized carbons (Fsp3) is 0.276. The van der Waals surface area contributed by atoms with Gasteiger partial charge in [-0.3, -0.25) is 9.59 Å². The Bertz CT molecular complexity index is 1340. The van der Waals surface area contributed by atoms with Crippen molar-refractivity contribution in [2.24, 2.45) is 0 Å². The number of piperidine rings is 1. The third kappa shape index (κ3) is 6.09. The maximum Gasteiger partial charge on any atom is 0.275 e. The lowest BCUT2D eigenvalue weighted by Crippen LogP contribution is -2.38. The highest BCUT2D eigenvalue weighted by Crippen LogP contribution is 2.33. The first-order valence-electron chi connectivity index (χ1n) is 12.4. The van der Waals surface area contributed by atoms with E-state index in [1.165, 1.54) is 16.2 Å². The number of aromatic nitrogens is 1. The van der Waals surface area contributed by atoms with Crippen LogP contribution in [0.2, 0.25) is 0 Å². The molecule has 2 amide bonds. The molecule has 8 heteroatoms. The summed E-state index contributed by atoms with van der Waals surface area (Å²) < 4.78 is 5.38. The van der Waals surface area contributed by atoms with Crippen LogP contribution in [0.4, 0.5) is 5.69 Å². The standard InChI is InChI=1S/C29H29N3O3S2/c1-35-22-9-11-24(20-6-3-2-4-7-20)25(18-22)30-28(34)26-19-37-29(31-26)21-13-15-32(16-14-21)27(33)12-10-23-8-5-17-36-23/h2-9,11,17-19,21H,10,12-16H2,1H3,(H,30,34). The van der Waals surface area contributed by atoms with Crippen LogP contribution >= 0.6 is 22.7 Å². The van der Waals surface area contributed by atoms with Gasteiger partial charge in [0.05, 0.1) is 17.8 Å². The summed E-state index contributed by atoms with van der Waals surface area (Å²) in [6.07, 6.45) is 3.10. The van der Waals surface area contributed by atoms with Gasteiger partial charge in [0.2, 0.25) is 5.91 Å². The number of benzene rings is 2. The van der Waals surface area contributed by atoms with Gasteiger partial charge in [0, 0.05) is 47.3 Å². The zero-order chi connectivity index (χ0) is 25.6. The Kier molecular flexibility index (Phi) is 7.96. The summed E-state index contributed by atoms with van der Waals surface area (Å²) in [6.45, 7) is 1.47. The minimum Gasteiger partial charge on any atom is -0.497 e. The Balaban J connectivity index is 1.21. The maximum absolute atomic E-state index is 13.1. The lowest BCUT2D eigenvalue weighted by molar-refractivity contribution is -0.132. The number of hydrogen-bond acceptors (Lipinski definition) is 6. The molecule has 0 bridgehead atoms. The minimum atomic E-state index is -0.242. The van der Waals surface area contributed by atoms with Crippen molar-refractivity contribution in [1.29, 1.82) is 0 Å². The zero-order valence-electron chi connectivity index (χ0n) is 20.7. The third-order valence-electron chi connectivity index (χ3n) is 6.68. The average molecular weight is 532 g/mol. The van der Waals surface area contributed by atoms with Gasteiger partial charge < -0.3 is 15.0 Å². The van der Waals surface area contributed by atoms with Gasteiger partial charge in [-0.1, -0.05) is 36.4 Å². The largest absolute Gasteiger partial charge is 0.497 e. The van der Waals surface area contributed by atoms with Crippen LogP contribution in [0.5, 0.6) is 5.75 Å². The Morgan fingerprint density at radius 2 is 1.86 bits per heavy atom. The van der Waals surface area contributed by atoms with E-state index >= 15 is 0 Å². The molecule has 37 heavy (non-hydrogen) atoms. The fourth-order valence-electron chi connectivity index (χ4n) is 4.61. The van der Waals surface area contributed by atoms with E-state index in [0.717, 1.165) is 48.5 Å². The summed E-state index contributed by atoms with van der Waals surface area (Å²) in [7, 11) is 1.61. The summed E-state index contributed by atoms with van der Waals surface area (Å²) >= 11 is 3.22. The molecule has 1 fully saturated rings. The Morgan fingerprint density at radius 1 is 1.05 bits per heavy atom. The van der Waals surface area contributed by atoms with Gasteiger partial charge in [0.1, 0.15) is 11.4 Å². The van der Waals surface area contributed by atoms with Crippen molar-refractivity contribution < 1.29 is 14.3 Å². The Morgan fingerprint density at radius 3 is 2.59 bits per heavy atom. The number of carbonyl (C=O) groups excluding carboxylic acids is 2. The van der Waals surface area contributed by atoms with Gasteiger partial charge in [-0.05, 0) is 48.4 Å². The fourth-order valence-corrected chi connectivity index (χ4v) is 6.29. The van der Waals surface area contributed by atoms with E-state index in [2.05, 4.69) is 16.4 Å². The second kappa shape index (κ2) is 11.7. The molecule has 4 aromatic rings. The van der Waals surface area contributed by atoms with Crippen molar-refractivity contribution in [2.75, 3.05) is 25.5 Å². The van der Waals surface area contributed by atoms with Crippen molar-refractivity contribution in [2.45, 2.75) is 31.6 Å². The number of amides is 2. The van der Waals surface area contributed by atoms with E-state index in [1.807, 2.05) is 70.3 Å². The van der Waals surface area contributed by atoms with Gasteiger partial charge in [-0.2, -0.15) is 0 Å². The molecule has 190 valence electrons. The van der Waals surface area contributed by atoms with E-state index in [9.17, 15) is 9.59 Å². The molecule has 0 atom stereocenters. The van der Waals surface area contributed by atoms with E-state index in [1.54, 1.807) is 18.4 Å². The van der Waals surface area contributed by atoms with Crippen molar-refractivity contribution in [3.63, 3.8) is 0 Å². The van der Waals surface area contributed by atoms with E-state index < -0.39 is 0 Å².